The second-order valence-corrected chi connectivity index (χ2v) is 6.26. The topological polar surface area (TPSA) is 70.6 Å². The molecule has 1 aromatic rings. The van der Waals surface area contributed by atoms with Gasteiger partial charge >= 0.3 is 6.03 Å². The Morgan fingerprint density at radius 3 is 3.18 bits per heavy atom. The third kappa shape index (κ3) is 3.10. The third-order valence-corrected chi connectivity index (χ3v) is 4.70. The number of carbonyl (C=O) groups is 1. The summed E-state index contributed by atoms with van der Waals surface area (Å²) in [6.07, 6.45) is 3.93. The van der Waals surface area contributed by atoms with Gasteiger partial charge in [-0.3, -0.25) is 0 Å². The summed E-state index contributed by atoms with van der Waals surface area (Å²) in [5.74, 6) is 0.587. The van der Waals surface area contributed by atoms with Crippen molar-refractivity contribution in [2.45, 2.75) is 43.7 Å². The van der Waals surface area contributed by atoms with Crippen LogP contribution in [0.5, 0.6) is 0 Å². The lowest BCUT2D eigenvalue weighted by Crippen LogP contribution is -2.42. The number of nitrogens with one attached hydrogen (secondary N) is 2. The lowest BCUT2D eigenvalue weighted by Gasteiger charge is -2.20. The zero-order valence-electron chi connectivity index (χ0n) is 13.0. The van der Waals surface area contributed by atoms with Gasteiger partial charge < -0.3 is 20.5 Å². The number of methoxy groups -OCH3 is 1. The molecule has 0 bridgehead atoms. The van der Waals surface area contributed by atoms with Crippen LogP contribution in [-0.4, -0.2) is 37.5 Å². The van der Waals surface area contributed by atoms with Gasteiger partial charge in [-0.2, -0.15) is 0 Å². The average Bonchev–Trinajstić information content (AvgIpc) is 2.86. The molecule has 0 aliphatic heterocycles. The number of carbonyl (C=O) groups excluding carboxylic acids is 1. The van der Waals surface area contributed by atoms with E-state index in [1.54, 1.807) is 0 Å². The summed E-state index contributed by atoms with van der Waals surface area (Å²) in [5, 5.41) is 15.3. The summed E-state index contributed by atoms with van der Waals surface area (Å²) in [5.41, 5.74) is 4.20. The molecule has 0 heterocycles. The number of hydrogen-bond acceptors (Lipinski definition) is 3. The van der Waals surface area contributed by atoms with Gasteiger partial charge in [0.1, 0.15) is 0 Å². The molecule has 2 amide bonds. The summed E-state index contributed by atoms with van der Waals surface area (Å²) in [6.45, 7) is 0.417. The van der Waals surface area contributed by atoms with Gasteiger partial charge in [-0.1, -0.05) is 18.2 Å². The first-order valence-corrected chi connectivity index (χ1v) is 8.02. The highest BCUT2D eigenvalue weighted by molar-refractivity contribution is 5.74. The molecule has 0 saturated heterocycles. The fraction of sp³-hybridized carbons (Fsp3) is 0.588. The van der Waals surface area contributed by atoms with Crippen molar-refractivity contribution in [2.75, 3.05) is 20.3 Å². The molecule has 3 N–H and O–H groups in total. The van der Waals surface area contributed by atoms with Gasteiger partial charge in [0.25, 0.3) is 0 Å². The Kier molecular flexibility index (Phi) is 4.64. The van der Waals surface area contributed by atoms with Gasteiger partial charge in [-0.25, -0.2) is 4.79 Å². The van der Waals surface area contributed by atoms with Crippen molar-refractivity contribution in [1.29, 1.82) is 0 Å². The molecule has 3 unspecified atom stereocenters. The Morgan fingerprint density at radius 1 is 1.50 bits per heavy atom. The largest absolute Gasteiger partial charge is 0.389 e. The molecular formula is C17H24N2O3. The predicted molar refractivity (Wildman–Crippen MR) is 83.9 cm³/mol. The lowest BCUT2D eigenvalue weighted by atomic mass is 9.84. The minimum absolute atomic E-state index is 0.0811. The van der Waals surface area contributed by atoms with Crippen molar-refractivity contribution in [2.24, 2.45) is 0 Å². The van der Waals surface area contributed by atoms with Crippen LogP contribution in [0.15, 0.2) is 18.2 Å². The van der Waals surface area contributed by atoms with E-state index in [4.69, 9.17) is 4.74 Å². The van der Waals surface area contributed by atoms with Crippen molar-refractivity contribution in [3.05, 3.63) is 34.9 Å². The Balaban J connectivity index is 1.61. The van der Waals surface area contributed by atoms with Crippen LogP contribution in [0.1, 0.15) is 47.9 Å². The third-order valence-electron chi connectivity index (χ3n) is 4.70. The van der Waals surface area contributed by atoms with Crippen molar-refractivity contribution in [3.63, 3.8) is 0 Å². The van der Waals surface area contributed by atoms with E-state index in [2.05, 4.69) is 28.8 Å². The molecule has 5 nitrogen and oxygen atoms in total. The Morgan fingerprint density at radius 2 is 2.36 bits per heavy atom. The Hall–Kier alpha value is -1.59. The standard InChI is InChI=1S/C17H24N2O3/c1-22-10-13(20)9-18-17(21)19-15-8-12-6-2-4-11-5-3-7-14(15)16(11)12/h3,5,7,12-13,15,20H,2,4,6,8-10H2,1H3,(H2,18,19,21). The van der Waals surface area contributed by atoms with E-state index >= 15 is 0 Å². The molecular weight excluding hydrogens is 280 g/mol. The minimum atomic E-state index is -0.673. The number of benzene rings is 1. The second kappa shape index (κ2) is 6.67. The highest BCUT2D eigenvalue weighted by Crippen LogP contribution is 2.47. The van der Waals surface area contributed by atoms with Crippen LogP contribution in [0.2, 0.25) is 0 Å². The fourth-order valence-electron chi connectivity index (χ4n) is 3.79. The highest BCUT2D eigenvalue weighted by Gasteiger charge is 2.35. The monoisotopic (exact) mass is 304 g/mol. The molecule has 3 rings (SSSR count). The number of aliphatic hydroxyl groups excluding tert-OH is 1. The summed E-state index contributed by atoms with van der Waals surface area (Å²) in [4.78, 5) is 12.0. The van der Waals surface area contributed by atoms with Crippen LogP contribution in [-0.2, 0) is 11.2 Å². The molecule has 0 aromatic heterocycles. The normalized spacial score (nSPS) is 23.7. The maximum Gasteiger partial charge on any atom is 0.315 e. The van der Waals surface area contributed by atoms with Crippen molar-refractivity contribution < 1.29 is 14.6 Å². The molecule has 5 heteroatoms. The van der Waals surface area contributed by atoms with Gasteiger partial charge in [0.05, 0.1) is 18.8 Å². The molecule has 1 aromatic carbocycles. The average molecular weight is 304 g/mol. The van der Waals surface area contributed by atoms with E-state index in [9.17, 15) is 9.90 Å². The number of aliphatic hydroxyl groups is 1. The van der Waals surface area contributed by atoms with Gasteiger partial charge in [-0.05, 0) is 48.3 Å². The number of hydrogen-bond donors (Lipinski definition) is 3. The summed E-state index contributed by atoms with van der Waals surface area (Å²) in [7, 11) is 1.53. The molecule has 22 heavy (non-hydrogen) atoms. The van der Waals surface area contributed by atoms with E-state index in [1.807, 2.05) is 0 Å². The quantitative estimate of drug-likeness (QED) is 0.777. The summed E-state index contributed by atoms with van der Waals surface area (Å²) >= 11 is 0. The van der Waals surface area contributed by atoms with Crippen LogP contribution in [0.3, 0.4) is 0 Å². The lowest BCUT2D eigenvalue weighted by molar-refractivity contribution is 0.0659. The van der Waals surface area contributed by atoms with Gasteiger partial charge in [-0.15, -0.1) is 0 Å². The van der Waals surface area contributed by atoms with Crippen molar-refractivity contribution in [1.82, 2.24) is 10.6 Å². The van der Waals surface area contributed by atoms with E-state index in [0.717, 1.165) is 12.8 Å². The van der Waals surface area contributed by atoms with Crippen LogP contribution in [0.4, 0.5) is 4.79 Å². The van der Waals surface area contributed by atoms with Gasteiger partial charge in [0.15, 0.2) is 0 Å². The van der Waals surface area contributed by atoms with Gasteiger partial charge in [0.2, 0.25) is 0 Å². The Bertz CT molecular complexity index is 547. The maximum atomic E-state index is 12.0. The second-order valence-electron chi connectivity index (χ2n) is 6.26. The van der Waals surface area contributed by atoms with Gasteiger partial charge in [0, 0.05) is 13.7 Å². The van der Waals surface area contributed by atoms with Crippen LogP contribution in [0, 0.1) is 0 Å². The smallest absolute Gasteiger partial charge is 0.315 e. The summed E-state index contributed by atoms with van der Waals surface area (Å²) in [6, 6.07) is 6.30. The zero-order chi connectivity index (χ0) is 15.5. The number of ether oxygens (including phenoxy) is 1. The van der Waals surface area contributed by atoms with Crippen LogP contribution < -0.4 is 10.6 Å². The zero-order valence-corrected chi connectivity index (χ0v) is 13.0. The van der Waals surface area contributed by atoms with Crippen molar-refractivity contribution in [3.8, 4) is 0 Å². The first kappa shape index (κ1) is 15.3. The number of amides is 2. The molecule has 0 spiro atoms. The Labute approximate surface area is 131 Å². The van der Waals surface area contributed by atoms with Crippen LogP contribution >= 0.6 is 0 Å². The molecule has 120 valence electrons. The number of urea groups is 1. The molecule has 2 aliphatic carbocycles. The molecule has 0 fully saturated rings. The highest BCUT2D eigenvalue weighted by atomic mass is 16.5. The molecule has 0 radical (unpaired) electrons. The maximum absolute atomic E-state index is 12.0. The first-order chi connectivity index (χ1) is 10.7. The van der Waals surface area contributed by atoms with Crippen molar-refractivity contribution >= 4 is 6.03 Å². The number of aryl methyl sites for hydroxylation is 1. The molecule has 3 atom stereocenters. The predicted octanol–water partition coefficient (Wildman–Crippen LogP) is 1.86. The number of rotatable bonds is 5. The SMILES string of the molecule is COCC(O)CNC(=O)NC1CC2CCCc3cccc1c32. The van der Waals surface area contributed by atoms with Crippen LogP contribution in [0.25, 0.3) is 0 Å². The van der Waals surface area contributed by atoms with E-state index in [1.165, 1.54) is 36.6 Å². The molecule has 2 aliphatic rings. The van der Waals surface area contributed by atoms with E-state index < -0.39 is 6.10 Å². The fourth-order valence-corrected chi connectivity index (χ4v) is 3.79. The summed E-state index contributed by atoms with van der Waals surface area (Å²) < 4.78 is 4.84. The minimum Gasteiger partial charge on any atom is -0.389 e. The molecule has 0 saturated carbocycles. The van der Waals surface area contributed by atoms with E-state index in [-0.39, 0.29) is 25.2 Å². The first-order valence-electron chi connectivity index (χ1n) is 8.02. The van der Waals surface area contributed by atoms with E-state index in [0.29, 0.717) is 5.92 Å².